The minimum Gasteiger partial charge on any atom is -0.496 e. The topological polar surface area (TPSA) is 30.5 Å². The molecular formula is C24H33NO2S. The summed E-state index contributed by atoms with van der Waals surface area (Å²) in [6, 6.07) is 15.4. The number of unbranched alkanes of at least 4 members (excludes halogenated alkanes) is 1. The molecule has 0 aliphatic carbocycles. The first-order valence-electron chi connectivity index (χ1n) is 10.3. The van der Waals surface area contributed by atoms with Gasteiger partial charge in [0.05, 0.1) is 19.0 Å². The van der Waals surface area contributed by atoms with E-state index in [-0.39, 0.29) is 5.54 Å². The molecule has 0 saturated heterocycles. The van der Waals surface area contributed by atoms with Gasteiger partial charge < -0.3 is 14.8 Å². The van der Waals surface area contributed by atoms with Crippen LogP contribution in [0.5, 0.6) is 5.75 Å². The highest BCUT2D eigenvalue weighted by atomic mass is 32.2. The van der Waals surface area contributed by atoms with Gasteiger partial charge in [-0.25, -0.2) is 0 Å². The maximum Gasteiger partial charge on any atom is 0.125 e. The average molecular weight is 400 g/mol. The molecule has 0 fully saturated rings. The van der Waals surface area contributed by atoms with Crippen LogP contribution in [0.15, 0.2) is 47.4 Å². The zero-order valence-corrected chi connectivity index (χ0v) is 18.4. The van der Waals surface area contributed by atoms with Crippen molar-refractivity contribution in [3.05, 3.63) is 59.2 Å². The molecule has 0 radical (unpaired) electrons. The zero-order valence-electron chi connectivity index (χ0n) is 17.6. The van der Waals surface area contributed by atoms with Crippen LogP contribution < -0.4 is 10.1 Å². The molecule has 0 unspecified atom stereocenters. The van der Waals surface area contributed by atoms with Crippen molar-refractivity contribution in [1.29, 1.82) is 0 Å². The lowest BCUT2D eigenvalue weighted by atomic mass is 9.82. The van der Waals surface area contributed by atoms with Gasteiger partial charge >= 0.3 is 0 Å². The second-order valence-electron chi connectivity index (χ2n) is 7.58. The largest absolute Gasteiger partial charge is 0.496 e. The monoisotopic (exact) mass is 399 g/mol. The summed E-state index contributed by atoms with van der Waals surface area (Å²) < 4.78 is 11.1. The van der Waals surface area contributed by atoms with Gasteiger partial charge in [0.2, 0.25) is 0 Å². The number of methoxy groups -OCH3 is 2. The molecule has 1 aliphatic heterocycles. The molecule has 1 aliphatic rings. The maximum absolute atomic E-state index is 5.68. The van der Waals surface area contributed by atoms with Crippen LogP contribution in [0, 0.1) is 0 Å². The van der Waals surface area contributed by atoms with Gasteiger partial charge in [0, 0.05) is 29.7 Å². The first-order valence-corrected chi connectivity index (χ1v) is 11.2. The molecule has 28 heavy (non-hydrogen) atoms. The maximum atomic E-state index is 5.68. The van der Waals surface area contributed by atoms with Gasteiger partial charge in [-0.15, -0.1) is 11.8 Å². The number of hydrogen-bond donors (Lipinski definition) is 1. The molecule has 3 rings (SSSR count). The van der Waals surface area contributed by atoms with Crippen LogP contribution in [0.3, 0.4) is 0 Å². The molecule has 0 spiro atoms. The molecule has 1 N–H and O–H groups in total. The van der Waals surface area contributed by atoms with E-state index in [0.717, 1.165) is 24.3 Å². The van der Waals surface area contributed by atoms with Crippen molar-refractivity contribution in [3.8, 4) is 5.75 Å². The van der Waals surface area contributed by atoms with Gasteiger partial charge in [0.1, 0.15) is 5.75 Å². The Morgan fingerprint density at radius 3 is 2.57 bits per heavy atom. The third-order valence-electron chi connectivity index (χ3n) is 5.85. The van der Waals surface area contributed by atoms with Crippen LogP contribution in [0.25, 0.3) is 0 Å². The van der Waals surface area contributed by atoms with Crippen LogP contribution in [-0.4, -0.2) is 19.8 Å². The molecule has 152 valence electrons. The summed E-state index contributed by atoms with van der Waals surface area (Å²) >= 11 is 1.99. The molecular weight excluding hydrogens is 366 g/mol. The van der Waals surface area contributed by atoms with Gasteiger partial charge in [-0.05, 0) is 36.1 Å². The van der Waals surface area contributed by atoms with Crippen molar-refractivity contribution >= 4 is 11.8 Å². The van der Waals surface area contributed by atoms with Gasteiger partial charge in [-0.1, -0.05) is 57.0 Å². The van der Waals surface area contributed by atoms with E-state index in [1.807, 2.05) is 11.8 Å². The van der Waals surface area contributed by atoms with Crippen LogP contribution in [0.4, 0.5) is 0 Å². The van der Waals surface area contributed by atoms with Crippen LogP contribution in [0.1, 0.15) is 61.5 Å². The van der Waals surface area contributed by atoms with Crippen LogP contribution >= 0.6 is 11.8 Å². The summed E-state index contributed by atoms with van der Waals surface area (Å²) in [5.41, 5.74) is 3.92. The van der Waals surface area contributed by atoms with E-state index in [4.69, 9.17) is 9.47 Å². The fraction of sp³-hybridized carbons (Fsp3) is 0.500. The molecule has 0 amide bonds. The molecule has 4 heteroatoms. The number of fused-ring (bicyclic) bond motifs is 1. The van der Waals surface area contributed by atoms with E-state index in [1.54, 1.807) is 14.2 Å². The van der Waals surface area contributed by atoms with E-state index < -0.39 is 0 Å². The molecule has 0 bridgehead atoms. The normalized spacial score (nSPS) is 21.8. The van der Waals surface area contributed by atoms with E-state index in [9.17, 15) is 0 Å². The van der Waals surface area contributed by atoms with Gasteiger partial charge in [0.25, 0.3) is 0 Å². The second kappa shape index (κ2) is 9.82. The summed E-state index contributed by atoms with van der Waals surface area (Å²) in [5, 5.41) is 4.35. The minimum absolute atomic E-state index is 0.0791. The Morgan fingerprint density at radius 2 is 1.93 bits per heavy atom. The Kier molecular flexibility index (Phi) is 7.44. The predicted octanol–water partition coefficient (Wildman–Crippen LogP) is 6.12. The summed E-state index contributed by atoms with van der Waals surface area (Å²) in [6.45, 7) is 6.05. The SMILES string of the molecule is CCCC[C@]1(CC)NCc2cc(COC)c(OC)cc2S[C@@H]1c1ccccc1. The predicted molar refractivity (Wildman–Crippen MR) is 118 cm³/mol. The zero-order chi connectivity index (χ0) is 20.0. The van der Waals surface area contributed by atoms with Crippen molar-refractivity contribution in [2.24, 2.45) is 0 Å². The minimum atomic E-state index is 0.0791. The Labute approximate surface area is 174 Å². The fourth-order valence-electron chi connectivity index (χ4n) is 4.18. The Balaban J connectivity index is 2.06. The fourth-order valence-corrected chi connectivity index (χ4v) is 5.78. The third-order valence-corrected chi connectivity index (χ3v) is 7.44. The summed E-state index contributed by atoms with van der Waals surface area (Å²) in [5.74, 6) is 0.914. The lowest BCUT2D eigenvalue weighted by Gasteiger charge is -2.40. The Morgan fingerprint density at radius 1 is 1.14 bits per heavy atom. The number of rotatable bonds is 8. The van der Waals surface area contributed by atoms with Crippen molar-refractivity contribution in [2.45, 2.75) is 68.4 Å². The number of benzene rings is 2. The quantitative estimate of drug-likeness (QED) is 0.579. The summed E-state index contributed by atoms with van der Waals surface area (Å²) in [7, 11) is 3.48. The average Bonchev–Trinajstić information content (AvgIpc) is 2.89. The first kappa shape index (κ1) is 21.2. The van der Waals surface area contributed by atoms with E-state index in [1.165, 1.54) is 35.3 Å². The summed E-state index contributed by atoms with van der Waals surface area (Å²) in [6.07, 6.45) is 4.74. The number of hydrogen-bond acceptors (Lipinski definition) is 4. The first-order chi connectivity index (χ1) is 13.7. The van der Waals surface area contributed by atoms with Crippen molar-refractivity contribution < 1.29 is 9.47 Å². The molecule has 0 aromatic heterocycles. The van der Waals surface area contributed by atoms with Gasteiger partial charge in [-0.2, -0.15) is 0 Å². The van der Waals surface area contributed by atoms with Crippen molar-refractivity contribution in [2.75, 3.05) is 14.2 Å². The second-order valence-corrected chi connectivity index (χ2v) is 8.73. The number of ether oxygens (including phenoxy) is 2. The number of thioether (sulfide) groups is 1. The Bertz CT molecular complexity index is 765. The standard InChI is InChI=1S/C24H33NO2S/c1-5-7-13-24(6-2)23(18-11-9-8-10-12-18)28-22-15-21(27-4)20(17-26-3)14-19(22)16-25-24/h8-12,14-15,23,25H,5-7,13,16-17H2,1-4H3/t23-,24+/m1/s1. The highest BCUT2D eigenvalue weighted by molar-refractivity contribution is 7.99. The molecule has 2 aromatic carbocycles. The summed E-state index contributed by atoms with van der Waals surface area (Å²) in [4.78, 5) is 1.31. The van der Waals surface area contributed by atoms with Crippen molar-refractivity contribution in [1.82, 2.24) is 5.32 Å². The lowest BCUT2D eigenvalue weighted by molar-refractivity contribution is 0.181. The van der Waals surface area contributed by atoms with E-state index >= 15 is 0 Å². The number of nitrogens with one attached hydrogen (secondary N) is 1. The molecule has 3 nitrogen and oxygen atoms in total. The third kappa shape index (κ3) is 4.40. The smallest absolute Gasteiger partial charge is 0.125 e. The molecule has 1 heterocycles. The van der Waals surface area contributed by atoms with E-state index in [0.29, 0.717) is 11.9 Å². The van der Waals surface area contributed by atoms with Crippen LogP contribution in [-0.2, 0) is 17.9 Å². The lowest BCUT2D eigenvalue weighted by Crippen LogP contribution is -2.47. The molecule has 0 saturated carbocycles. The van der Waals surface area contributed by atoms with Crippen LogP contribution in [0.2, 0.25) is 0 Å². The molecule has 2 atom stereocenters. The Hall–Kier alpha value is -1.49. The van der Waals surface area contributed by atoms with Gasteiger partial charge in [0.15, 0.2) is 0 Å². The highest BCUT2D eigenvalue weighted by Gasteiger charge is 2.40. The van der Waals surface area contributed by atoms with E-state index in [2.05, 4.69) is 61.6 Å². The van der Waals surface area contributed by atoms with Gasteiger partial charge in [-0.3, -0.25) is 0 Å². The molecule has 2 aromatic rings. The van der Waals surface area contributed by atoms with Crippen molar-refractivity contribution in [3.63, 3.8) is 0 Å². The highest BCUT2D eigenvalue weighted by Crippen LogP contribution is 2.50.